The van der Waals surface area contributed by atoms with Crippen molar-refractivity contribution >= 4 is 12.0 Å². The van der Waals surface area contributed by atoms with Crippen molar-refractivity contribution in [3.05, 3.63) is 35.9 Å². The van der Waals surface area contributed by atoms with Gasteiger partial charge in [0.05, 0.1) is 0 Å². The Bertz CT molecular complexity index is 640. The number of ether oxygens (including phenoxy) is 1. The maximum Gasteiger partial charge on any atom is 0.408 e. The standard InChI is InChI=1S/C22H35N3O3/c1-16(2)13-19(24-21(27)28-22(3,4)5)20(26)23-18-11-12-25(15-18)14-17-9-7-6-8-10-17/h6-10,16,18-19H,11-15H2,1-5H3,(H,23,26)(H,24,27)/t18?,19-/m0/s1. The highest BCUT2D eigenvalue weighted by atomic mass is 16.6. The predicted octanol–water partition coefficient (Wildman–Crippen LogP) is 3.32. The minimum atomic E-state index is -0.591. The number of hydrogen-bond acceptors (Lipinski definition) is 4. The Morgan fingerprint density at radius 3 is 2.50 bits per heavy atom. The van der Waals surface area contributed by atoms with Gasteiger partial charge in [-0.25, -0.2) is 4.79 Å². The molecule has 1 aromatic rings. The van der Waals surface area contributed by atoms with Gasteiger partial charge in [-0.15, -0.1) is 0 Å². The number of nitrogens with one attached hydrogen (secondary N) is 2. The fraction of sp³-hybridized carbons (Fsp3) is 0.636. The third-order valence-electron chi connectivity index (χ3n) is 4.58. The van der Waals surface area contributed by atoms with Gasteiger partial charge in [0.25, 0.3) is 0 Å². The molecule has 0 radical (unpaired) electrons. The number of benzene rings is 1. The lowest BCUT2D eigenvalue weighted by Crippen LogP contribution is -2.51. The average Bonchev–Trinajstić information content (AvgIpc) is 3.00. The third-order valence-corrected chi connectivity index (χ3v) is 4.58. The van der Waals surface area contributed by atoms with E-state index in [2.05, 4.69) is 27.7 Å². The van der Waals surface area contributed by atoms with E-state index in [4.69, 9.17) is 4.74 Å². The van der Waals surface area contributed by atoms with Crippen molar-refractivity contribution in [3.63, 3.8) is 0 Å². The monoisotopic (exact) mass is 389 g/mol. The zero-order chi connectivity index (χ0) is 20.7. The molecule has 156 valence electrons. The molecule has 1 fully saturated rings. The average molecular weight is 390 g/mol. The first-order valence-corrected chi connectivity index (χ1v) is 10.2. The van der Waals surface area contributed by atoms with Crippen LogP contribution in [-0.2, 0) is 16.1 Å². The lowest BCUT2D eigenvalue weighted by Gasteiger charge is -2.25. The largest absolute Gasteiger partial charge is 0.444 e. The molecule has 0 aromatic heterocycles. The lowest BCUT2D eigenvalue weighted by atomic mass is 10.0. The fourth-order valence-electron chi connectivity index (χ4n) is 3.39. The summed E-state index contributed by atoms with van der Waals surface area (Å²) in [6, 6.07) is 9.87. The van der Waals surface area contributed by atoms with Gasteiger partial charge in [0.15, 0.2) is 0 Å². The van der Waals surface area contributed by atoms with Gasteiger partial charge in [-0.1, -0.05) is 44.2 Å². The van der Waals surface area contributed by atoms with Crippen LogP contribution in [0.15, 0.2) is 30.3 Å². The minimum Gasteiger partial charge on any atom is -0.444 e. The second-order valence-corrected chi connectivity index (χ2v) is 9.04. The van der Waals surface area contributed by atoms with Crippen LogP contribution in [-0.4, -0.2) is 47.7 Å². The number of carbonyl (C=O) groups excluding carboxylic acids is 2. The van der Waals surface area contributed by atoms with Crippen molar-refractivity contribution in [2.24, 2.45) is 5.92 Å². The number of alkyl carbamates (subject to hydrolysis) is 1. The van der Waals surface area contributed by atoms with E-state index < -0.39 is 17.7 Å². The zero-order valence-electron chi connectivity index (χ0n) is 17.8. The maximum absolute atomic E-state index is 12.8. The highest BCUT2D eigenvalue weighted by Gasteiger charge is 2.29. The van der Waals surface area contributed by atoms with Crippen LogP contribution in [0.25, 0.3) is 0 Å². The van der Waals surface area contributed by atoms with Crippen LogP contribution in [0.1, 0.15) is 53.0 Å². The van der Waals surface area contributed by atoms with E-state index in [1.54, 1.807) is 0 Å². The van der Waals surface area contributed by atoms with Gasteiger partial charge >= 0.3 is 6.09 Å². The Morgan fingerprint density at radius 2 is 1.89 bits per heavy atom. The Balaban J connectivity index is 1.87. The van der Waals surface area contributed by atoms with E-state index in [1.807, 2.05) is 52.8 Å². The summed E-state index contributed by atoms with van der Waals surface area (Å²) in [5.74, 6) is 0.148. The van der Waals surface area contributed by atoms with Crippen molar-refractivity contribution < 1.29 is 14.3 Å². The van der Waals surface area contributed by atoms with Crippen LogP contribution in [0.5, 0.6) is 0 Å². The molecule has 0 aliphatic carbocycles. The molecule has 1 aromatic carbocycles. The molecule has 1 aliphatic heterocycles. The van der Waals surface area contributed by atoms with E-state index in [0.29, 0.717) is 6.42 Å². The summed E-state index contributed by atoms with van der Waals surface area (Å²) in [6.07, 6.45) is 0.940. The lowest BCUT2D eigenvalue weighted by molar-refractivity contribution is -0.124. The molecule has 1 aliphatic rings. The molecule has 1 heterocycles. The molecule has 1 unspecified atom stereocenters. The van der Waals surface area contributed by atoms with E-state index in [9.17, 15) is 9.59 Å². The Kier molecular flexibility index (Phi) is 7.87. The molecule has 2 rings (SSSR count). The molecule has 6 nitrogen and oxygen atoms in total. The number of carbonyl (C=O) groups is 2. The van der Waals surface area contributed by atoms with Crippen LogP contribution < -0.4 is 10.6 Å². The number of amides is 2. The molecule has 1 saturated heterocycles. The van der Waals surface area contributed by atoms with Crippen molar-refractivity contribution in [2.75, 3.05) is 13.1 Å². The summed E-state index contributed by atoms with van der Waals surface area (Å²) in [4.78, 5) is 27.3. The molecule has 0 bridgehead atoms. The summed E-state index contributed by atoms with van der Waals surface area (Å²) in [7, 11) is 0. The van der Waals surface area contributed by atoms with Crippen molar-refractivity contribution in [3.8, 4) is 0 Å². The van der Waals surface area contributed by atoms with Gasteiger partial charge < -0.3 is 15.4 Å². The van der Waals surface area contributed by atoms with Crippen molar-refractivity contribution in [1.29, 1.82) is 0 Å². The highest BCUT2D eigenvalue weighted by Crippen LogP contribution is 2.15. The molecule has 2 atom stereocenters. The van der Waals surface area contributed by atoms with E-state index in [1.165, 1.54) is 5.56 Å². The van der Waals surface area contributed by atoms with Gasteiger partial charge in [0.2, 0.25) is 5.91 Å². The van der Waals surface area contributed by atoms with Crippen LogP contribution in [0.2, 0.25) is 0 Å². The normalized spacial score (nSPS) is 18.7. The first kappa shape index (κ1) is 22.2. The Hall–Kier alpha value is -2.08. The number of likely N-dealkylation sites (tertiary alicyclic amines) is 1. The van der Waals surface area contributed by atoms with Gasteiger partial charge in [0.1, 0.15) is 11.6 Å². The highest BCUT2D eigenvalue weighted by molar-refractivity contribution is 5.85. The summed E-state index contributed by atoms with van der Waals surface area (Å²) in [5, 5.41) is 5.86. The molecule has 0 saturated carbocycles. The SMILES string of the molecule is CC(C)C[C@H](NC(=O)OC(C)(C)C)C(=O)NC1CCN(Cc2ccccc2)C1. The first-order chi connectivity index (χ1) is 13.1. The number of hydrogen-bond donors (Lipinski definition) is 2. The van der Waals surface area contributed by atoms with Crippen LogP contribution in [0.3, 0.4) is 0 Å². The Labute approximate surface area is 169 Å². The van der Waals surface area contributed by atoms with E-state index >= 15 is 0 Å². The fourth-order valence-corrected chi connectivity index (χ4v) is 3.39. The predicted molar refractivity (Wildman–Crippen MR) is 111 cm³/mol. The van der Waals surface area contributed by atoms with Gasteiger partial charge in [0, 0.05) is 25.7 Å². The number of nitrogens with zero attached hydrogens (tertiary/aromatic N) is 1. The molecule has 6 heteroatoms. The Morgan fingerprint density at radius 1 is 1.21 bits per heavy atom. The van der Waals surface area contributed by atoms with Crippen LogP contribution in [0.4, 0.5) is 4.79 Å². The topological polar surface area (TPSA) is 70.7 Å². The second-order valence-electron chi connectivity index (χ2n) is 9.04. The second kappa shape index (κ2) is 9.92. The first-order valence-electron chi connectivity index (χ1n) is 10.2. The van der Waals surface area contributed by atoms with E-state index in [-0.39, 0.29) is 17.9 Å². The third kappa shape index (κ3) is 7.89. The molecule has 2 N–H and O–H groups in total. The molecular formula is C22H35N3O3. The summed E-state index contributed by atoms with van der Waals surface area (Å²) >= 11 is 0. The molecular weight excluding hydrogens is 354 g/mol. The quantitative estimate of drug-likeness (QED) is 0.751. The molecule has 0 spiro atoms. The minimum absolute atomic E-state index is 0.103. The van der Waals surface area contributed by atoms with E-state index in [0.717, 1.165) is 26.1 Å². The van der Waals surface area contributed by atoms with Crippen molar-refractivity contribution in [1.82, 2.24) is 15.5 Å². The van der Waals surface area contributed by atoms with Gasteiger partial charge in [-0.05, 0) is 45.1 Å². The number of rotatable bonds is 7. The van der Waals surface area contributed by atoms with Crippen LogP contribution >= 0.6 is 0 Å². The summed E-state index contributed by atoms with van der Waals surface area (Å²) in [5.41, 5.74) is 0.686. The summed E-state index contributed by atoms with van der Waals surface area (Å²) in [6.45, 7) is 12.2. The van der Waals surface area contributed by atoms with Gasteiger partial charge in [-0.2, -0.15) is 0 Å². The summed E-state index contributed by atoms with van der Waals surface area (Å²) < 4.78 is 5.32. The maximum atomic E-state index is 12.8. The zero-order valence-corrected chi connectivity index (χ0v) is 17.8. The molecule has 28 heavy (non-hydrogen) atoms. The smallest absolute Gasteiger partial charge is 0.408 e. The molecule has 2 amide bonds. The van der Waals surface area contributed by atoms with Gasteiger partial charge in [-0.3, -0.25) is 9.69 Å². The van der Waals surface area contributed by atoms with Crippen molar-refractivity contribution in [2.45, 2.75) is 71.7 Å². The van der Waals surface area contributed by atoms with Crippen LogP contribution in [0, 0.1) is 5.92 Å².